The van der Waals surface area contributed by atoms with Crippen molar-refractivity contribution in [3.05, 3.63) is 23.3 Å². The lowest BCUT2D eigenvalue weighted by Crippen LogP contribution is -2.42. The zero-order valence-electron chi connectivity index (χ0n) is 9.92. The van der Waals surface area contributed by atoms with Crippen LogP contribution in [0.5, 0.6) is 11.5 Å². The highest BCUT2D eigenvalue weighted by Crippen LogP contribution is 2.49. The van der Waals surface area contributed by atoms with Crippen molar-refractivity contribution in [2.24, 2.45) is 5.73 Å². The van der Waals surface area contributed by atoms with E-state index in [9.17, 15) is 5.11 Å². The lowest BCUT2D eigenvalue weighted by atomic mass is 9.63. The molecule has 1 aromatic rings. The van der Waals surface area contributed by atoms with E-state index in [0.717, 1.165) is 24.0 Å². The van der Waals surface area contributed by atoms with Gasteiger partial charge in [-0.15, -0.1) is 0 Å². The van der Waals surface area contributed by atoms with Crippen LogP contribution in [0.25, 0.3) is 0 Å². The number of nitrogens with two attached hydrogens (primary N) is 1. The second kappa shape index (κ2) is 3.98. The maximum atomic E-state index is 10.2. The first kappa shape index (κ1) is 11.3. The fraction of sp³-hybridized carbons (Fsp3) is 0.538. The molecule has 1 aliphatic rings. The molecule has 16 heavy (non-hydrogen) atoms. The van der Waals surface area contributed by atoms with Gasteiger partial charge < -0.3 is 15.6 Å². The van der Waals surface area contributed by atoms with Crippen molar-refractivity contribution >= 4 is 0 Å². The van der Waals surface area contributed by atoms with E-state index in [4.69, 9.17) is 10.5 Å². The zero-order valence-corrected chi connectivity index (χ0v) is 9.92. The first-order chi connectivity index (χ1) is 7.64. The fourth-order valence-corrected chi connectivity index (χ4v) is 2.67. The summed E-state index contributed by atoms with van der Waals surface area (Å²) in [5.74, 6) is 0.813. The molecule has 1 aliphatic carbocycles. The normalized spacial score (nSPS) is 17.9. The highest BCUT2D eigenvalue weighted by Gasteiger charge is 2.40. The number of methoxy groups -OCH3 is 1. The van der Waals surface area contributed by atoms with Crippen molar-refractivity contribution in [3.63, 3.8) is 0 Å². The van der Waals surface area contributed by atoms with Crippen molar-refractivity contribution in [1.29, 1.82) is 0 Å². The number of phenolic OH excluding ortho intramolecular Hbond substituents is 1. The molecule has 88 valence electrons. The highest BCUT2D eigenvalue weighted by molar-refractivity contribution is 5.54. The van der Waals surface area contributed by atoms with E-state index in [0.29, 0.717) is 12.3 Å². The molecule has 0 amide bonds. The van der Waals surface area contributed by atoms with Gasteiger partial charge in [0.05, 0.1) is 7.11 Å². The van der Waals surface area contributed by atoms with E-state index < -0.39 is 0 Å². The third-order valence-electron chi connectivity index (χ3n) is 3.80. The van der Waals surface area contributed by atoms with Crippen LogP contribution in [0.3, 0.4) is 0 Å². The van der Waals surface area contributed by atoms with Gasteiger partial charge in [0.15, 0.2) is 11.5 Å². The van der Waals surface area contributed by atoms with E-state index in [1.165, 1.54) is 6.42 Å². The molecule has 1 fully saturated rings. The molecule has 0 radical (unpaired) electrons. The Hall–Kier alpha value is -1.22. The molecule has 1 saturated carbocycles. The molecular formula is C13H19NO2. The summed E-state index contributed by atoms with van der Waals surface area (Å²) in [7, 11) is 1.57. The lowest BCUT2D eigenvalue weighted by molar-refractivity contribution is 0.241. The molecule has 0 spiro atoms. The molecular weight excluding hydrogens is 202 g/mol. The quantitative estimate of drug-likeness (QED) is 0.821. The Morgan fingerprint density at radius 2 is 2.12 bits per heavy atom. The van der Waals surface area contributed by atoms with Gasteiger partial charge in [-0.25, -0.2) is 0 Å². The summed E-state index contributed by atoms with van der Waals surface area (Å²) in [5.41, 5.74) is 7.94. The maximum absolute atomic E-state index is 10.2. The number of benzene rings is 1. The molecule has 3 heteroatoms. The Labute approximate surface area is 96.2 Å². The first-order valence-corrected chi connectivity index (χ1v) is 5.72. The average Bonchev–Trinajstić information content (AvgIpc) is 2.22. The summed E-state index contributed by atoms with van der Waals surface area (Å²) in [6.45, 7) is 2.61. The zero-order chi connectivity index (χ0) is 11.8. The van der Waals surface area contributed by atoms with E-state index in [1.54, 1.807) is 13.2 Å². The summed E-state index contributed by atoms with van der Waals surface area (Å²) >= 11 is 0. The van der Waals surface area contributed by atoms with Crippen LogP contribution in [0.15, 0.2) is 12.1 Å². The van der Waals surface area contributed by atoms with Crippen molar-refractivity contribution in [2.75, 3.05) is 13.7 Å². The monoisotopic (exact) mass is 221 g/mol. The van der Waals surface area contributed by atoms with Crippen molar-refractivity contribution in [2.45, 2.75) is 31.6 Å². The summed E-state index contributed by atoms with van der Waals surface area (Å²) in [5, 5.41) is 10.2. The lowest BCUT2D eigenvalue weighted by Gasteiger charge is -2.42. The van der Waals surface area contributed by atoms with Gasteiger partial charge in [0.1, 0.15) is 0 Å². The second-order valence-electron chi connectivity index (χ2n) is 4.65. The van der Waals surface area contributed by atoms with Crippen LogP contribution >= 0.6 is 0 Å². The summed E-state index contributed by atoms with van der Waals surface area (Å²) in [6, 6.07) is 3.79. The largest absolute Gasteiger partial charge is 0.504 e. The molecule has 0 saturated heterocycles. The van der Waals surface area contributed by atoms with Gasteiger partial charge >= 0.3 is 0 Å². The van der Waals surface area contributed by atoms with Crippen LogP contribution in [0, 0.1) is 6.92 Å². The Balaban J connectivity index is 2.54. The Kier molecular flexibility index (Phi) is 2.80. The predicted molar refractivity (Wildman–Crippen MR) is 64.0 cm³/mol. The molecule has 3 N–H and O–H groups in total. The van der Waals surface area contributed by atoms with Crippen molar-refractivity contribution < 1.29 is 9.84 Å². The predicted octanol–water partition coefficient (Wildman–Crippen LogP) is 2.09. The van der Waals surface area contributed by atoms with Crippen LogP contribution in [0.2, 0.25) is 0 Å². The van der Waals surface area contributed by atoms with Crippen LogP contribution in [-0.4, -0.2) is 18.8 Å². The van der Waals surface area contributed by atoms with Crippen molar-refractivity contribution in [1.82, 2.24) is 0 Å². The standard InChI is InChI=1S/C13H19NO2/c1-9-4-5-10(16-2)12(15)11(9)13(8-14)6-3-7-13/h4-5,15H,3,6-8,14H2,1-2H3. The Morgan fingerprint density at radius 1 is 1.44 bits per heavy atom. The molecule has 0 unspecified atom stereocenters. The third-order valence-corrected chi connectivity index (χ3v) is 3.80. The van der Waals surface area contributed by atoms with Crippen molar-refractivity contribution in [3.8, 4) is 11.5 Å². The SMILES string of the molecule is COc1ccc(C)c(C2(CN)CCC2)c1O. The Morgan fingerprint density at radius 3 is 2.56 bits per heavy atom. The number of hydrogen-bond acceptors (Lipinski definition) is 3. The number of phenols is 1. The molecule has 1 aromatic carbocycles. The first-order valence-electron chi connectivity index (χ1n) is 5.72. The van der Waals surface area contributed by atoms with Gasteiger partial charge in [-0.05, 0) is 31.4 Å². The summed E-state index contributed by atoms with van der Waals surface area (Å²) in [4.78, 5) is 0. The molecule has 0 heterocycles. The average molecular weight is 221 g/mol. The van der Waals surface area contributed by atoms with E-state index in [1.807, 2.05) is 13.0 Å². The third kappa shape index (κ3) is 1.47. The topological polar surface area (TPSA) is 55.5 Å². The van der Waals surface area contributed by atoms with Gasteiger partial charge in [0.2, 0.25) is 0 Å². The van der Waals surface area contributed by atoms with E-state index >= 15 is 0 Å². The minimum absolute atomic E-state index is 0.0251. The number of aromatic hydroxyl groups is 1. The maximum Gasteiger partial charge on any atom is 0.161 e. The van der Waals surface area contributed by atoms with Crippen LogP contribution in [0.1, 0.15) is 30.4 Å². The molecule has 0 bridgehead atoms. The minimum atomic E-state index is -0.0251. The number of hydrogen-bond donors (Lipinski definition) is 2. The van der Waals surface area contributed by atoms with Gasteiger partial charge in [-0.1, -0.05) is 12.5 Å². The van der Waals surface area contributed by atoms with Crippen LogP contribution < -0.4 is 10.5 Å². The summed E-state index contributed by atoms with van der Waals surface area (Å²) < 4.78 is 5.16. The highest BCUT2D eigenvalue weighted by atomic mass is 16.5. The molecule has 2 rings (SSSR count). The molecule has 3 nitrogen and oxygen atoms in total. The number of rotatable bonds is 3. The molecule has 0 aliphatic heterocycles. The van der Waals surface area contributed by atoms with E-state index in [-0.39, 0.29) is 11.2 Å². The fourth-order valence-electron chi connectivity index (χ4n) is 2.67. The Bertz CT molecular complexity index is 392. The number of ether oxygens (including phenoxy) is 1. The second-order valence-corrected chi connectivity index (χ2v) is 4.65. The van der Waals surface area contributed by atoms with E-state index in [2.05, 4.69) is 0 Å². The van der Waals surface area contributed by atoms with Crippen LogP contribution in [-0.2, 0) is 5.41 Å². The summed E-state index contributed by atoms with van der Waals surface area (Å²) in [6.07, 6.45) is 3.31. The van der Waals surface area contributed by atoms with Gasteiger partial charge in [0.25, 0.3) is 0 Å². The van der Waals surface area contributed by atoms with Gasteiger partial charge in [-0.3, -0.25) is 0 Å². The van der Waals surface area contributed by atoms with Gasteiger partial charge in [-0.2, -0.15) is 0 Å². The molecule has 0 aromatic heterocycles. The molecule has 0 atom stereocenters. The van der Waals surface area contributed by atoms with Crippen LogP contribution in [0.4, 0.5) is 0 Å². The minimum Gasteiger partial charge on any atom is -0.504 e. The smallest absolute Gasteiger partial charge is 0.161 e. The number of aryl methyl sites for hydroxylation is 1. The van der Waals surface area contributed by atoms with Gasteiger partial charge in [0, 0.05) is 17.5 Å².